The van der Waals surface area contributed by atoms with Crippen molar-refractivity contribution in [3.63, 3.8) is 0 Å². The lowest BCUT2D eigenvalue weighted by atomic mass is 10.5. The Morgan fingerprint density at radius 3 is 2.80 bits per heavy atom. The first-order chi connectivity index (χ1) is 4.84. The molecule has 0 atom stereocenters. The fraction of sp³-hybridized carbons (Fsp3) is 0.167. The van der Waals surface area contributed by atoms with E-state index in [9.17, 15) is 0 Å². The lowest BCUT2D eigenvalue weighted by Gasteiger charge is -1.91. The van der Waals surface area contributed by atoms with Crippen molar-refractivity contribution < 1.29 is 0 Å². The third-order valence-electron chi connectivity index (χ3n) is 1.01. The summed E-state index contributed by atoms with van der Waals surface area (Å²) in [5, 5.41) is 2.23. The molecule has 0 N–H and O–H groups in total. The average molecular weight is 151 g/mol. The zero-order chi connectivity index (χ0) is 7.40. The van der Waals surface area contributed by atoms with Crippen LogP contribution in [-0.2, 0) is 0 Å². The second-order valence-corrected chi connectivity index (χ2v) is 1.85. The maximum Gasteiger partial charge on any atom is 0.183 e. The highest BCUT2D eigenvalue weighted by Crippen LogP contribution is 2.08. The number of aliphatic imine (C=N–C) groups is 1. The predicted molar refractivity (Wildman–Crippen MR) is 41.5 cm³/mol. The molecule has 0 bridgehead atoms. The molecule has 50 valence electrons. The SMILES string of the molecule is Cc1nccnc1N=C=S. The first kappa shape index (κ1) is 6.99. The van der Waals surface area contributed by atoms with Crippen molar-refractivity contribution in [3.8, 4) is 0 Å². The van der Waals surface area contributed by atoms with Crippen molar-refractivity contribution in [3.05, 3.63) is 18.1 Å². The van der Waals surface area contributed by atoms with Crippen LogP contribution in [0.15, 0.2) is 17.4 Å². The molecule has 4 heteroatoms. The third-order valence-corrected chi connectivity index (χ3v) is 1.10. The Balaban J connectivity index is 3.14. The lowest BCUT2D eigenvalue weighted by Crippen LogP contribution is -1.82. The smallest absolute Gasteiger partial charge is 0.183 e. The van der Waals surface area contributed by atoms with Crippen LogP contribution in [0.4, 0.5) is 5.82 Å². The summed E-state index contributed by atoms with van der Waals surface area (Å²) in [6, 6.07) is 0. The highest BCUT2D eigenvalue weighted by atomic mass is 32.1. The van der Waals surface area contributed by atoms with E-state index in [4.69, 9.17) is 0 Å². The van der Waals surface area contributed by atoms with E-state index in [1.165, 1.54) is 0 Å². The standard InChI is InChI=1S/C6H5N3S/c1-5-6(9-4-10)8-3-2-7-5/h2-3H,1H3. The van der Waals surface area contributed by atoms with Gasteiger partial charge in [-0.2, -0.15) is 4.99 Å². The summed E-state index contributed by atoms with van der Waals surface area (Å²) in [5.41, 5.74) is 0.764. The van der Waals surface area contributed by atoms with Crippen molar-refractivity contribution >= 4 is 23.2 Å². The number of aryl methyl sites for hydroxylation is 1. The Bertz CT molecular complexity index is 278. The van der Waals surface area contributed by atoms with Crippen LogP contribution in [0.2, 0.25) is 0 Å². The number of hydrogen-bond acceptors (Lipinski definition) is 4. The van der Waals surface area contributed by atoms with Gasteiger partial charge >= 0.3 is 0 Å². The summed E-state index contributed by atoms with van der Waals surface area (Å²) < 4.78 is 0. The summed E-state index contributed by atoms with van der Waals surface area (Å²) >= 11 is 4.41. The quantitative estimate of drug-likeness (QED) is 0.451. The highest BCUT2D eigenvalue weighted by molar-refractivity contribution is 7.78. The molecule has 0 aliphatic carbocycles. The maximum absolute atomic E-state index is 4.41. The van der Waals surface area contributed by atoms with Crippen LogP contribution < -0.4 is 0 Å². The Morgan fingerprint density at radius 2 is 2.20 bits per heavy atom. The molecule has 0 spiro atoms. The summed E-state index contributed by atoms with van der Waals surface area (Å²) in [7, 11) is 0. The molecule has 1 aromatic heterocycles. The topological polar surface area (TPSA) is 38.1 Å². The van der Waals surface area contributed by atoms with Crippen molar-refractivity contribution in [2.24, 2.45) is 4.99 Å². The lowest BCUT2D eigenvalue weighted by molar-refractivity contribution is 1.10. The Morgan fingerprint density at radius 1 is 1.50 bits per heavy atom. The van der Waals surface area contributed by atoms with Crippen molar-refractivity contribution in [2.75, 3.05) is 0 Å². The fourth-order valence-corrected chi connectivity index (χ4v) is 0.640. The molecule has 0 aliphatic rings. The summed E-state index contributed by atoms with van der Waals surface area (Å²) in [6.45, 7) is 1.82. The Labute approximate surface area is 63.9 Å². The van der Waals surface area contributed by atoms with Gasteiger partial charge in [0.2, 0.25) is 0 Å². The van der Waals surface area contributed by atoms with Gasteiger partial charge in [-0.05, 0) is 19.1 Å². The molecule has 1 aromatic rings. The summed E-state index contributed by atoms with van der Waals surface area (Å²) in [4.78, 5) is 11.6. The van der Waals surface area contributed by atoms with Gasteiger partial charge in [0.15, 0.2) is 5.82 Å². The van der Waals surface area contributed by atoms with Gasteiger partial charge in [0, 0.05) is 12.4 Å². The van der Waals surface area contributed by atoms with Crippen molar-refractivity contribution in [1.29, 1.82) is 0 Å². The molecule has 3 nitrogen and oxygen atoms in total. The minimum absolute atomic E-state index is 0.539. The normalized spacial score (nSPS) is 8.50. The third kappa shape index (κ3) is 1.43. The van der Waals surface area contributed by atoms with Gasteiger partial charge in [0.05, 0.1) is 10.9 Å². The molecule has 0 aromatic carbocycles. The Kier molecular flexibility index (Phi) is 2.20. The van der Waals surface area contributed by atoms with Crippen LogP contribution in [0.1, 0.15) is 5.69 Å². The molecule has 0 unspecified atom stereocenters. The largest absolute Gasteiger partial charge is 0.256 e. The number of aromatic nitrogens is 2. The van der Waals surface area contributed by atoms with Crippen LogP contribution in [-0.4, -0.2) is 15.1 Å². The van der Waals surface area contributed by atoms with E-state index in [1.807, 2.05) is 6.92 Å². The van der Waals surface area contributed by atoms with Gasteiger partial charge in [-0.3, -0.25) is 4.98 Å². The molecule has 0 saturated carbocycles. The second-order valence-electron chi connectivity index (χ2n) is 1.67. The monoisotopic (exact) mass is 151 g/mol. The molecule has 0 aliphatic heterocycles. The molecule has 0 saturated heterocycles. The van der Waals surface area contributed by atoms with Gasteiger partial charge in [-0.25, -0.2) is 4.98 Å². The molecular weight excluding hydrogens is 146 g/mol. The van der Waals surface area contributed by atoms with E-state index < -0.39 is 0 Å². The molecule has 1 heterocycles. The number of thiocarbonyl (C=S) groups is 1. The van der Waals surface area contributed by atoms with Gasteiger partial charge in [0.1, 0.15) is 0 Å². The van der Waals surface area contributed by atoms with E-state index in [1.54, 1.807) is 12.4 Å². The molecule has 1 rings (SSSR count). The predicted octanol–water partition coefficient (Wildman–Crippen LogP) is 1.52. The molecule has 10 heavy (non-hydrogen) atoms. The van der Waals surface area contributed by atoms with Gasteiger partial charge < -0.3 is 0 Å². The number of nitrogens with zero attached hydrogens (tertiary/aromatic N) is 3. The van der Waals surface area contributed by atoms with Crippen molar-refractivity contribution in [1.82, 2.24) is 9.97 Å². The van der Waals surface area contributed by atoms with Gasteiger partial charge in [0.25, 0.3) is 0 Å². The zero-order valence-electron chi connectivity index (χ0n) is 5.40. The van der Waals surface area contributed by atoms with E-state index in [0.717, 1.165) is 5.69 Å². The Hall–Kier alpha value is -1.12. The van der Waals surface area contributed by atoms with Gasteiger partial charge in [-0.15, -0.1) is 0 Å². The van der Waals surface area contributed by atoms with Crippen molar-refractivity contribution in [2.45, 2.75) is 6.92 Å². The molecule has 0 amide bonds. The van der Waals surface area contributed by atoms with Crippen LogP contribution in [0.25, 0.3) is 0 Å². The number of rotatable bonds is 1. The first-order valence-corrected chi connectivity index (χ1v) is 3.11. The van der Waals surface area contributed by atoms with Gasteiger partial charge in [-0.1, -0.05) is 0 Å². The number of hydrogen-bond donors (Lipinski definition) is 0. The first-order valence-electron chi connectivity index (χ1n) is 2.70. The van der Waals surface area contributed by atoms with Crippen LogP contribution in [0.3, 0.4) is 0 Å². The van der Waals surface area contributed by atoms with E-state index in [0.29, 0.717) is 5.82 Å². The minimum atomic E-state index is 0.539. The van der Waals surface area contributed by atoms with E-state index in [-0.39, 0.29) is 0 Å². The fourth-order valence-electron chi connectivity index (χ4n) is 0.553. The molecule has 0 radical (unpaired) electrons. The van der Waals surface area contributed by atoms with Crippen LogP contribution in [0.5, 0.6) is 0 Å². The zero-order valence-corrected chi connectivity index (χ0v) is 6.22. The minimum Gasteiger partial charge on any atom is -0.256 e. The summed E-state index contributed by atoms with van der Waals surface area (Å²) in [5.74, 6) is 0.539. The van der Waals surface area contributed by atoms with E-state index >= 15 is 0 Å². The average Bonchev–Trinajstić information content (AvgIpc) is 1.94. The summed E-state index contributed by atoms with van der Waals surface area (Å²) in [6.07, 6.45) is 3.18. The second kappa shape index (κ2) is 3.15. The van der Waals surface area contributed by atoms with Crippen LogP contribution >= 0.6 is 12.2 Å². The highest BCUT2D eigenvalue weighted by Gasteiger charge is 1.93. The molecular formula is C6H5N3S. The molecule has 0 fully saturated rings. The number of isothiocyanates is 1. The maximum atomic E-state index is 4.41. The van der Waals surface area contributed by atoms with Crippen LogP contribution in [0, 0.1) is 6.92 Å². The van der Waals surface area contributed by atoms with E-state index in [2.05, 4.69) is 32.3 Å².